The van der Waals surface area contributed by atoms with Crippen LogP contribution in [0.25, 0.3) is 54.6 Å². The fourth-order valence-electron chi connectivity index (χ4n) is 10.5. The summed E-state index contributed by atoms with van der Waals surface area (Å²) in [6.07, 6.45) is -0.509. The van der Waals surface area contributed by atoms with Crippen LogP contribution in [0.15, 0.2) is 217 Å². The minimum Gasteiger partial charge on any atom is -0.455 e. The third-order valence-corrected chi connectivity index (χ3v) is 13.4. The van der Waals surface area contributed by atoms with Crippen molar-refractivity contribution in [3.63, 3.8) is 0 Å². The van der Waals surface area contributed by atoms with E-state index in [0.717, 1.165) is 66.7 Å². The number of nitrogens with one attached hydrogen (secondary N) is 2. The molecule has 2 N–H and O–H groups in total. The molecule has 4 nitrogen and oxygen atoms in total. The Morgan fingerprint density at radius 1 is 0.403 bits per heavy atom. The molecule has 292 valence electrons. The first kappa shape index (κ1) is 35.0. The van der Waals surface area contributed by atoms with Gasteiger partial charge in [0.1, 0.15) is 29.7 Å². The molecule has 2 heterocycles. The van der Waals surface area contributed by atoms with Gasteiger partial charge >= 0.3 is 0 Å². The smallest absolute Gasteiger partial charge is 0.140 e. The first-order valence-corrected chi connectivity index (χ1v) is 21.4. The number of hydrogen-bond donors (Lipinski definition) is 2. The summed E-state index contributed by atoms with van der Waals surface area (Å²) in [5.74, 6) is 2.69. The summed E-state index contributed by atoms with van der Waals surface area (Å²) in [6.45, 7) is 0. The van der Waals surface area contributed by atoms with Crippen LogP contribution in [0.3, 0.4) is 0 Å². The number of ether oxygens (including phenoxy) is 1. The Balaban J connectivity index is 0.976. The molecule has 0 fully saturated rings. The van der Waals surface area contributed by atoms with Crippen LogP contribution < -0.4 is 15.4 Å². The number of nitrogens with zero attached hydrogens (tertiary/aromatic N) is 1. The Kier molecular flexibility index (Phi) is 7.69. The van der Waals surface area contributed by atoms with E-state index in [2.05, 4.69) is 223 Å². The van der Waals surface area contributed by atoms with Crippen molar-refractivity contribution in [1.82, 2.24) is 10.6 Å². The number of rotatable bonds is 4. The van der Waals surface area contributed by atoms with E-state index < -0.39 is 5.41 Å². The summed E-state index contributed by atoms with van der Waals surface area (Å²) in [5.41, 5.74) is 12.3. The highest BCUT2D eigenvalue weighted by molar-refractivity contribution is 6.01. The van der Waals surface area contributed by atoms with Crippen LogP contribution in [0.2, 0.25) is 0 Å². The molecule has 10 aromatic rings. The fourth-order valence-corrected chi connectivity index (χ4v) is 10.5. The van der Waals surface area contributed by atoms with E-state index in [4.69, 9.17) is 9.73 Å². The van der Waals surface area contributed by atoms with Crippen molar-refractivity contribution >= 4 is 38.2 Å². The second kappa shape index (κ2) is 13.6. The molecule has 62 heavy (non-hydrogen) atoms. The highest BCUT2D eigenvalue weighted by atomic mass is 16.5. The monoisotopic (exact) mass is 793 g/mol. The first-order valence-electron chi connectivity index (χ1n) is 21.4. The van der Waals surface area contributed by atoms with Crippen LogP contribution in [0.4, 0.5) is 0 Å². The number of aliphatic imine (C=N–C) groups is 1. The second-order valence-electron chi connectivity index (χ2n) is 16.7. The van der Waals surface area contributed by atoms with Gasteiger partial charge in [0.15, 0.2) is 0 Å². The lowest BCUT2D eigenvalue weighted by Crippen LogP contribution is -2.45. The van der Waals surface area contributed by atoms with Gasteiger partial charge in [-0.25, -0.2) is 4.99 Å². The number of hydrogen-bond acceptors (Lipinski definition) is 4. The normalized spacial score (nSPS) is 16.8. The highest BCUT2D eigenvalue weighted by Gasteiger charge is 2.52. The summed E-state index contributed by atoms with van der Waals surface area (Å²) in [4.78, 5) is 5.32. The second-order valence-corrected chi connectivity index (χ2v) is 16.7. The molecule has 1 spiro atoms. The SMILES string of the molecule is c1ccc(C2N=C(c3ccc(-c4ccc5ccccc5c4)cc3)NC(c3ccc4c(c3)C3(c5ccccc5-4)c4ccc5ccccc5c4Oc4c3ccc3ccccc43)N2)cc1. The molecule has 10 aromatic carbocycles. The zero-order valence-electron chi connectivity index (χ0n) is 33.7. The molecule has 0 amide bonds. The van der Waals surface area contributed by atoms with Crippen LogP contribution in [-0.2, 0) is 5.41 Å². The lowest BCUT2D eigenvalue weighted by atomic mass is 9.65. The molecule has 0 saturated heterocycles. The van der Waals surface area contributed by atoms with Crippen LogP contribution in [0.1, 0.15) is 51.3 Å². The summed E-state index contributed by atoms with van der Waals surface area (Å²) in [7, 11) is 0. The van der Waals surface area contributed by atoms with Crippen molar-refractivity contribution in [2.75, 3.05) is 0 Å². The Hall–Kier alpha value is -7.79. The lowest BCUT2D eigenvalue weighted by Gasteiger charge is -2.40. The van der Waals surface area contributed by atoms with Crippen LogP contribution in [-0.4, -0.2) is 5.84 Å². The van der Waals surface area contributed by atoms with Crippen LogP contribution in [0, 0.1) is 0 Å². The van der Waals surface area contributed by atoms with Crippen LogP contribution in [0.5, 0.6) is 11.5 Å². The molecule has 3 aliphatic rings. The van der Waals surface area contributed by atoms with Gasteiger partial charge in [-0.3, -0.25) is 5.32 Å². The lowest BCUT2D eigenvalue weighted by molar-refractivity contribution is 0.408. The Morgan fingerprint density at radius 2 is 0.984 bits per heavy atom. The predicted molar refractivity (Wildman–Crippen MR) is 253 cm³/mol. The van der Waals surface area contributed by atoms with Gasteiger partial charge in [-0.2, -0.15) is 0 Å². The van der Waals surface area contributed by atoms with E-state index >= 15 is 0 Å². The number of amidine groups is 1. The number of fused-ring (bicyclic) bond motifs is 14. The Morgan fingerprint density at radius 3 is 1.73 bits per heavy atom. The van der Waals surface area contributed by atoms with Gasteiger partial charge in [-0.1, -0.05) is 206 Å². The van der Waals surface area contributed by atoms with E-state index in [1.54, 1.807) is 0 Å². The first-order chi connectivity index (χ1) is 30.7. The molecular formula is C58H39N3O. The molecule has 4 heteroatoms. The third kappa shape index (κ3) is 5.20. The summed E-state index contributed by atoms with van der Waals surface area (Å²) in [6, 6.07) is 76.9. The zero-order chi connectivity index (χ0) is 40.8. The minimum atomic E-state index is -0.637. The molecule has 13 rings (SSSR count). The van der Waals surface area contributed by atoms with Gasteiger partial charge in [0, 0.05) is 27.5 Å². The average Bonchev–Trinajstić information content (AvgIpc) is 3.63. The van der Waals surface area contributed by atoms with Gasteiger partial charge in [0.05, 0.1) is 5.41 Å². The van der Waals surface area contributed by atoms with Gasteiger partial charge in [0.25, 0.3) is 0 Å². The maximum Gasteiger partial charge on any atom is 0.140 e. The van der Waals surface area contributed by atoms with Gasteiger partial charge in [-0.15, -0.1) is 0 Å². The quantitative estimate of drug-likeness (QED) is 0.187. The molecule has 2 atom stereocenters. The third-order valence-electron chi connectivity index (χ3n) is 13.4. The van der Waals surface area contributed by atoms with E-state index in [-0.39, 0.29) is 12.3 Å². The van der Waals surface area contributed by atoms with Crippen LogP contribution >= 0.6 is 0 Å². The maximum atomic E-state index is 7.21. The maximum absolute atomic E-state index is 7.21. The summed E-state index contributed by atoms with van der Waals surface area (Å²) < 4.78 is 7.21. The molecule has 2 unspecified atom stereocenters. The van der Waals surface area contributed by atoms with Crippen molar-refractivity contribution in [3.8, 4) is 33.8 Å². The van der Waals surface area contributed by atoms with Crippen molar-refractivity contribution in [2.24, 2.45) is 4.99 Å². The Labute approximate surface area is 359 Å². The largest absolute Gasteiger partial charge is 0.455 e. The van der Waals surface area contributed by atoms with Crippen molar-refractivity contribution in [3.05, 3.63) is 251 Å². The molecule has 2 aliphatic heterocycles. The van der Waals surface area contributed by atoms with Crippen molar-refractivity contribution < 1.29 is 4.74 Å². The van der Waals surface area contributed by atoms with Gasteiger partial charge in [-0.05, 0) is 72.1 Å². The molecular weight excluding hydrogens is 755 g/mol. The molecule has 0 radical (unpaired) electrons. The Bertz CT molecular complexity index is 3380. The predicted octanol–water partition coefficient (Wildman–Crippen LogP) is 13.6. The van der Waals surface area contributed by atoms with Gasteiger partial charge in [0.2, 0.25) is 0 Å². The zero-order valence-corrected chi connectivity index (χ0v) is 33.7. The van der Waals surface area contributed by atoms with Crippen molar-refractivity contribution in [1.29, 1.82) is 0 Å². The average molecular weight is 794 g/mol. The molecule has 0 aromatic heterocycles. The van der Waals surface area contributed by atoms with E-state index in [1.807, 2.05) is 0 Å². The number of benzene rings is 10. The highest BCUT2D eigenvalue weighted by Crippen LogP contribution is 2.64. The van der Waals surface area contributed by atoms with E-state index in [0.29, 0.717) is 0 Å². The van der Waals surface area contributed by atoms with E-state index in [1.165, 1.54) is 44.2 Å². The fraction of sp³-hybridized carbons (Fsp3) is 0.0517. The van der Waals surface area contributed by atoms with E-state index in [9.17, 15) is 0 Å². The summed E-state index contributed by atoms with van der Waals surface area (Å²) >= 11 is 0. The molecule has 1 aliphatic carbocycles. The minimum absolute atomic E-state index is 0.245. The standard InChI is InChI=1S/C58H39N3O/c1-2-15-40(16-3-1)55-59-56(41-25-22-37(23-26-41)43-27-24-36-12-4-5-17-42(36)34-43)61-57(60-55)44-28-31-48-47-20-10-11-21-49(47)58(52(48)35-44)50-32-29-38-13-6-8-18-45(38)53(50)62-54-46-19-9-7-14-39(46)30-33-51(54)58/h1-35,55,57,60H,(H,59,61). The topological polar surface area (TPSA) is 45.7 Å². The van der Waals surface area contributed by atoms with Gasteiger partial charge < -0.3 is 10.1 Å². The molecule has 0 saturated carbocycles. The molecule has 0 bridgehead atoms. The summed E-state index contributed by atoms with van der Waals surface area (Å²) in [5, 5.41) is 14.8. The van der Waals surface area contributed by atoms with Crippen molar-refractivity contribution in [2.45, 2.75) is 17.7 Å².